The number of thiophene rings is 1. The van der Waals surface area contributed by atoms with Crippen LogP contribution in [0.5, 0.6) is 5.75 Å². The molecule has 8 heteroatoms. The van der Waals surface area contributed by atoms with Gasteiger partial charge < -0.3 is 20.9 Å². The number of rotatable bonds is 8. The topological polar surface area (TPSA) is 103 Å². The second kappa shape index (κ2) is 9.65. The van der Waals surface area contributed by atoms with Crippen molar-refractivity contribution in [3.05, 3.63) is 64.0 Å². The van der Waals surface area contributed by atoms with Gasteiger partial charge in [0.25, 0.3) is 0 Å². The number of carbonyl (C=O) groups is 2. The van der Waals surface area contributed by atoms with Gasteiger partial charge in [0.15, 0.2) is 5.78 Å². The fourth-order valence-corrected chi connectivity index (χ4v) is 4.14. The fourth-order valence-electron chi connectivity index (χ4n) is 2.97. The van der Waals surface area contributed by atoms with Gasteiger partial charge in [-0.2, -0.15) is 0 Å². The summed E-state index contributed by atoms with van der Waals surface area (Å²) in [5, 5.41) is 17.7. The maximum absolute atomic E-state index is 11.9. The number of halogens is 1. The summed E-state index contributed by atoms with van der Waals surface area (Å²) < 4.78 is 5.90. The third kappa shape index (κ3) is 5.31. The highest BCUT2D eigenvalue weighted by Gasteiger charge is 2.26. The van der Waals surface area contributed by atoms with E-state index in [1.807, 2.05) is 24.3 Å². The van der Waals surface area contributed by atoms with Gasteiger partial charge in [-0.15, -0.1) is 11.3 Å². The molecule has 30 heavy (non-hydrogen) atoms. The Kier molecular flexibility index (Phi) is 6.97. The van der Waals surface area contributed by atoms with Gasteiger partial charge in [0, 0.05) is 29.2 Å². The number of ether oxygens (including phenoxy) is 1. The van der Waals surface area contributed by atoms with Crippen molar-refractivity contribution in [3.8, 4) is 16.2 Å². The molecule has 0 spiro atoms. The SMILES string of the molecule is CC(=O)c1ccc(-c2cc(Cl)c3c(c2)CC(CNC(=O)/C=C/C(=N)/C=C\C=N)O3)s1. The van der Waals surface area contributed by atoms with Gasteiger partial charge in [-0.05, 0) is 55.0 Å². The lowest BCUT2D eigenvalue weighted by Gasteiger charge is -2.11. The van der Waals surface area contributed by atoms with Gasteiger partial charge >= 0.3 is 0 Å². The largest absolute Gasteiger partial charge is 0.486 e. The monoisotopic (exact) mass is 441 g/mol. The average molecular weight is 442 g/mol. The maximum Gasteiger partial charge on any atom is 0.244 e. The van der Waals surface area contributed by atoms with Crippen LogP contribution >= 0.6 is 22.9 Å². The smallest absolute Gasteiger partial charge is 0.244 e. The predicted octanol–water partition coefficient (Wildman–Crippen LogP) is 4.47. The summed E-state index contributed by atoms with van der Waals surface area (Å²) >= 11 is 7.84. The molecule has 154 valence electrons. The molecule has 0 aliphatic carbocycles. The van der Waals surface area contributed by atoms with Gasteiger partial charge in [-0.1, -0.05) is 11.6 Å². The van der Waals surface area contributed by atoms with Crippen LogP contribution in [0.4, 0.5) is 0 Å². The normalized spacial score (nSPS) is 15.2. The summed E-state index contributed by atoms with van der Waals surface area (Å²) in [4.78, 5) is 25.2. The lowest BCUT2D eigenvalue weighted by Crippen LogP contribution is -2.33. The van der Waals surface area contributed by atoms with E-state index in [2.05, 4.69) is 5.32 Å². The van der Waals surface area contributed by atoms with Gasteiger partial charge in [0.1, 0.15) is 11.9 Å². The highest BCUT2D eigenvalue weighted by atomic mass is 35.5. The molecule has 0 saturated heterocycles. The maximum atomic E-state index is 11.9. The van der Waals surface area contributed by atoms with Crippen LogP contribution in [0.15, 0.2) is 48.6 Å². The van der Waals surface area contributed by atoms with E-state index in [1.54, 1.807) is 6.92 Å². The average Bonchev–Trinajstić information content (AvgIpc) is 3.36. The van der Waals surface area contributed by atoms with Crippen LogP contribution in [0.2, 0.25) is 5.02 Å². The van der Waals surface area contributed by atoms with E-state index in [0.29, 0.717) is 28.6 Å². The van der Waals surface area contributed by atoms with Crippen LogP contribution in [0.25, 0.3) is 10.4 Å². The Balaban J connectivity index is 1.61. The Morgan fingerprint density at radius 1 is 1.30 bits per heavy atom. The zero-order chi connectivity index (χ0) is 21.7. The first-order chi connectivity index (χ1) is 14.4. The number of hydrogen-bond donors (Lipinski definition) is 3. The minimum Gasteiger partial charge on any atom is -0.486 e. The van der Waals surface area contributed by atoms with Crippen LogP contribution in [-0.4, -0.2) is 36.3 Å². The van der Waals surface area contributed by atoms with Crippen LogP contribution in [0.3, 0.4) is 0 Å². The van der Waals surface area contributed by atoms with Crippen LogP contribution < -0.4 is 10.1 Å². The molecule has 2 heterocycles. The molecular weight excluding hydrogens is 422 g/mol. The minimum atomic E-state index is -0.329. The molecule has 0 saturated carbocycles. The summed E-state index contributed by atoms with van der Waals surface area (Å²) in [6, 6.07) is 7.56. The molecular formula is C22H20ClN3O3S. The van der Waals surface area contributed by atoms with Crippen molar-refractivity contribution in [1.82, 2.24) is 5.32 Å². The highest BCUT2D eigenvalue weighted by Crippen LogP contribution is 2.41. The molecule has 6 nitrogen and oxygen atoms in total. The molecule has 1 aromatic heterocycles. The molecule has 0 fully saturated rings. The van der Waals surface area contributed by atoms with E-state index < -0.39 is 0 Å². The van der Waals surface area contributed by atoms with E-state index in [9.17, 15) is 9.59 Å². The number of benzene rings is 1. The minimum absolute atomic E-state index is 0.0348. The highest BCUT2D eigenvalue weighted by molar-refractivity contribution is 7.17. The lowest BCUT2D eigenvalue weighted by molar-refractivity contribution is -0.116. The molecule has 3 rings (SSSR count). The van der Waals surface area contributed by atoms with Gasteiger partial charge in [-0.3, -0.25) is 9.59 Å². The van der Waals surface area contributed by atoms with Crippen molar-refractivity contribution in [2.24, 2.45) is 0 Å². The zero-order valence-electron chi connectivity index (χ0n) is 16.2. The van der Waals surface area contributed by atoms with Crippen molar-refractivity contribution in [2.75, 3.05) is 6.54 Å². The number of hydrogen-bond acceptors (Lipinski definition) is 6. The first-order valence-electron chi connectivity index (χ1n) is 9.19. The van der Waals surface area contributed by atoms with Crippen LogP contribution in [0.1, 0.15) is 22.2 Å². The summed E-state index contributed by atoms with van der Waals surface area (Å²) in [5.74, 6) is 0.328. The van der Waals surface area contributed by atoms with Crippen LogP contribution in [-0.2, 0) is 11.2 Å². The van der Waals surface area contributed by atoms with Crippen molar-refractivity contribution >= 4 is 46.6 Å². The molecule has 0 bridgehead atoms. The summed E-state index contributed by atoms with van der Waals surface area (Å²) in [7, 11) is 0. The Labute approximate surface area is 183 Å². The Hall–Kier alpha value is -3.03. The third-order valence-corrected chi connectivity index (χ3v) is 5.90. The van der Waals surface area contributed by atoms with E-state index in [-0.39, 0.29) is 23.5 Å². The van der Waals surface area contributed by atoms with E-state index in [4.69, 9.17) is 27.2 Å². The number of allylic oxidation sites excluding steroid dienone is 3. The number of ketones is 1. The van der Waals surface area contributed by atoms with Gasteiger partial charge in [0.2, 0.25) is 5.91 Å². The molecule has 1 aliphatic heterocycles. The molecule has 1 unspecified atom stereocenters. The molecule has 1 atom stereocenters. The number of fused-ring (bicyclic) bond motifs is 1. The summed E-state index contributed by atoms with van der Waals surface area (Å²) in [5.41, 5.74) is 2.02. The fraction of sp³-hybridized carbons (Fsp3) is 0.182. The second-order valence-electron chi connectivity index (χ2n) is 6.67. The molecule has 1 aliphatic rings. The van der Waals surface area contributed by atoms with Crippen molar-refractivity contribution < 1.29 is 14.3 Å². The Morgan fingerprint density at radius 3 is 2.80 bits per heavy atom. The number of Topliss-reactive ketones (excluding diaryl/α,β-unsaturated/α-hetero) is 1. The quantitative estimate of drug-likeness (QED) is 0.320. The van der Waals surface area contributed by atoms with E-state index in [0.717, 1.165) is 22.2 Å². The van der Waals surface area contributed by atoms with Crippen molar-refractivity contribution in [3.63, 3.8) is 0 Å². The summed E-state index contributed by atoms with van der Waals surface area (Å²) in [6.07, 6.45) is 6.89. The molecule has 1 amide bonds. The third-order valence-electron chi connectivity index (χ3n) is 4.38. The zero-order valence-corrected chi connectivity index (χ0v) is 17.8. The Bertz CT molecular complexity index is 1070. The van der Waals surface area contributed by atoms with E-state index in [1.165, 1.54) is 35.6 Å². The molecule has 2 aromatic rings. The van der Waals surface area contributed by atoms with Crippen molar-refractivity contribution in [2.45, 2.75) is 19.4 Å². The van der Waals surface area contributed by atoms with Gasteiger partial charge in [-0.25, -0.2) is 0 Å². The molecule has 3 N–H and O–H groups in total. The lowest BCUT2D eigenvalue weighted by atomic mass is 10.1. The standard InChI is InChI=1S/C22H20ClN3O3S/c1-13(27)19-5-6-20(30-19)14-9-15-10-17(29-22(15)18(23)11-14)12-26-21(28)7-4-16(25)3-2-8-24/h2-9,11,17,24-25H,10,12H2,1H3,(H,26,28)/b3-2-,7-4+,24-8?,25-16?. The number of nitrogens with one attached hydrogen (secondary N) is 3. The number of amides is 1. The van der Waals surface area contributed by atoms with Crippen molar-refractivity contribution in [1.29, 1.82) is 10.8 Å². The number of carbonyl (C=O) groups excluding carboxylic acids is 2. The molecule has 1 aromatic carbocycles. The molecule has 0 radical (unpaired) electrons. The second-order valence-corrected chi connectivity index (χ2v) is 8.16. The first kappa shape index (κ1) is 21.7. The predicted molar refractivity (Wildman–Crippen MR) is 121 cm³/mol. The summed E-state index contributed by atoms with van der Waals surface area (Å²) in [6.45, 7) is 1.85. The van der Waals surface area contributed by atoms with E-state index >= 15 is 0 Å². The van der Waals surface area contributed by atoms with Crippen LogP contribution in [0, 0.1) is 10.8 Å². The Morgan fingerprint density at radius 2 is 2.10 bits per heavy atom. The first-order valence-corrected chi connectivity index (χ1v) is 10.4. The van der Waals surface area contributed by atoms with Gasteiger partial charge in [0.05, 0.1) is 22.2 Å².